The molecule has 0 spiro atoms. The number of carboxylic acids is 1. The molecular formula is C26H29ClF2N4O4S. The summed E-state index contributed by atoms with van der Waals surface area (Å²) in [6.07, 6.45) is 2.64. The van der Waals surface area contributed by atoms with Crippen molar-refractivity contribution in [2.75, 3.05) is 19.7 Å². The van der Waals surface area contributed by atoms with E-state index in [0.717, 1.165) is 0 Å². The summed E-state index contributed by atoms with van der Waals surface area (Å²) in [4.78, 5) is 34.9. The lowest BCUT2D eigenvalue weighted by Crippen LogP contribution is -2.41. The maximum Gasteiger partial charge on any atom is 0.338 e. The molecule has 4 rings (SSSR count). The molecule has 0 saturated carbocycles. The Morgan fingerprint density at radius 1 is 1.32 bits per heavy atom. The molecule has 2 atom stereocenters. The first kappa shape index (κ1) is 28.1. The van der Waals surface area contributed by atoms with Crippen LogP contribution in [-0.4, -0.2) is 64.4 Å². The first-order valence-electron chi connectivity index (χ1n) is 12.4. The number of likely N-dealkylation sites (tertiary alicyclic amines) is 1. The smallest absolute Gasteiger partial charge is 0.338 e. The molecule has 12 heteroatoms. The number of esters is 1. The number of hydrogen-bond donors (Lipinski definition) is 2. The number of alkyl halides is 2. The quantitative estimate of drug-likeness (QED) is 0.289. The van der Waals surface area contributed by atoms with Crippen LogP contribution in [0.2, 0.25) is 5.02 Å². The van der Waals surface area contributed by atoms with Crippen LogP contribution in [0, 0.1) is 0 Å². The number of benzene rings is 1. The highest BCUT2D eigenvalue weighted by Crippen LogP contribution is 2.39. The molecule has 0 aliphatic carbocycles. The average molecular weight is 567 g/mol. The van der Waals surface area contributed by atoms with Gasteiger partial charge in [0.05, 0.1) is 18.7 Å². The van der Waals surface area contributed by atoms with Gasteiger partial charge in [-0.2, -0.15) is 0 Å². The van der Waals surface area contributed by atoms with Gasteiger partial charge in [-0.3, -0.25) is 14.7 Å². The highest BCUT2D eigenvalue weighted by molar-refractivity contribution is 7.11. The molecule has 38 heavy (non-hydrogen) atoms. The van der Waals surface area contributed by atoms with Crippen molar-refractivity contribution in [3.8, 4) is 0 Å². The molecule has 8 nitrogen and oxygen atoms in total. The maximum atomic E-state index is 14.6. The van der Waals surface area contributed by atoms with E-state index in [0.29, 0.717) is 46.4 Å². The number of aliphatic carboxylic acids is 1. The molecule has 2 aliphatic heterocycles. The van der Waals surface area contributed by atoms with Gasteiger partial charge >= 0.3 is 11.9 Å². The second kappa shape index (κ2) is 12.3. The Bertz CT molecular complexity index is 1220. The van der Waals surface area contributed by atoms with Crippen molar-refractivity contribution in [3.05, 3.63) is 62.7 Å². The van der Waals surface area contributed by atoms with E-state index in [4.69, 9.17) is 26.4 Å². The third kappa shape index (κ3) is 6.75. The van der Waals surface area contributed by atoms with Gasteiger partial charge < -0.3 is 15.2 Å². The van der Waals surface area contributed by atoms with E-state index >= 15 is 0 Å². The summed E-state index contributed by atoms with van der Waals surface area (Å²) in [7, 11) is 0. The molecule has 2 aromatic rings. The Hall–Kier alpha value is -2.89. The summed E-state index contributed by atoms with van der Waals surface area (Å²) >= 11 is 7.87. The molecule has 1 saturated heterocycles. The number of aliphatic imine (C=N–C) groups is 1. The summed E-state index contributed by atoms with van der Waals surface area (Å²) < 4.78 is 34.6. The van der Waals surface area contributed by atoms with Crippen LogP contribution in [0.4, 0.5) is 8.78 Å². The lowest BCUT2D eigenvalue weighted by Gasteiger charge is -2.31. The van der Waals surface area contributed by atoms with Gasteiger partial charge in [0.1, 0.15) is 6.04 Å². The number of rotatable bonds is 11. The molecular weight excluding hydrogens is 538 g/mol. The van der Waals surface area contributed by atoms with Crippen molar-refractivity contribution >= 4 is 40.7 Å². The first-order chi connectivity index (χ1) is 18.2. The Morgan fingerprint density at radius 2 is 2.11 bits per heavy atom. The molecule has 2 aliphatic rings. The van der Waals surface area contributed by atoms with Gasteiger partial charge in [0.25, 0.3) is 5.92 Å². The van der Waals surface area contributed by atoms with Gasteiger partial charge in [0, 0.05) is 53.3 Å². The summed E-state index contributed by atoms with van der Waals surface area (Å²) in [5.74, 6) is -4.00. The number of nitrogens with one attached hydrogen (secondary N) is 1. The van der Waals surface area contributed by atoms with Crippen molar-refractivity contribution < 1.29 is 28.2 Å². The average Bonchev–Trinajstić information content (AvgIpc) is 3.49. The predicted octanol–water partition coefficient (Wildman–Crippen LogP) is 5.06. The topological polar surface area (TPSA) is 104 Å². The summed E-state index contributed by atoms with van der Waals surface area (Å²) in [5, 5.41) is 14.9. The molecule has 204 valence electrons. The number of nitrogens with zero attached hydrogens (tertiary/aromatic N) is 3. The fraction of sp³-hybridized carbons (Fsp3) is 0.462. The van der Waals surface area contributed by atoms with Gasteiger partial charge in [-0.05, 0) is 25.8 Å². The molecule has 1 aromatic heterocycles. The SMILES string of the molecule is CCOC(=O)C1=C(CN2CC(F)(F)C[C@@H]2CCCCC(=O)O)NC(c2nccs2)=NC1c1ccccc1Cl. The first-order valence-corrected chi connectivity index (χ1v) is 13.7. The van der Waals surface area contributed by atoms with Crippen LogP contribution in [-0.2, 0) is 14.3 Å². The second-order valence-corrected chi connectivity index (χ2v) is 10.5. The Morgan fingerprint density at radius 3 is 2.79 bits per heavy atom. The number of carbonyl (C=O) groups excluding carboxylic acids is 1. The zero-order valence-corrected chi connectivity index (χ0v) is 22.4. The highest BCUT2D eigenvalue weighted by atomic mass is 35.5. The van der Waals surface area contributed by atoms with E-state index < -0.39 is 36.5 Å². The number of carboxylic acid groups (broad SMARTS) is 1. The van der Waals surface area contributed by atoms with Crippen LogP contribution in [0.3, 0.4) is 0 Å². The normalized spacial score (nSPS) is 21.2. The minimum Gasteiger partial charge on any atom is -0.481 e. The highest BCUT2D eigenvalue weighted by Gasteiger charge is 2.45. The minimum absolute atomic E-state index is 0.00399. The minimum atomic E-state index is -2.90. The predicted molar refractivity (Wildman–Crippen MR) is 141 cm³/mol. The number of thiazole rings is 1. The molecule has 3 heterocycles. The molecule has 0 amide bonds. The third-order valence-corrected chi connectivity index (χ3v) is 7.60. The fourth-order valence-corrected chi connectivity index (χ4v) is 5.66. The van der Waals surface area contributed by atoms with Crippen LogP contribution in [0.25, 0.3) is 0 Å². The number of amidine groups is 1. The fourth-order valence-electron chi connectivity index (χ4n) is 4.83. The van der Waals surface area contributed by atoms with Crippen LogP contribution >= 0.6 is 22.9 Å². The number of ether oxygens (including phenoxy) is 1. The molecule has 2 N–H and O–H groups in total. The number of carbonyl (C=O) groups is 2. The zero-order valence-electron chi connectivity index (χ0n) is 20.8. The van der Waals surface area contributed by atoms with Crippen molar-refractivity contribution in [2.45, 2.75) is 57.0 Å². The van der Waals surface area contributed by atoms with E-state index in [1.54, 1.807) is 47.7 Å². The number of unbranched alkanes of at least 4 members (excludes halogenated alkanes) is 1. The summed E-state index contributed by atoms with van der Waals surface area (Å²) in [5.41, 5.74) is 1.20. The van der Waals surface area contributed by atoms with E-state index in [1.807, 2.05) is 0 Å². The Kier molecular flexibility index (Phi) is 9.11. The lowest BCUT2D eigenvalue weighted by molar-refractivity contribution is -0.139. The van der Waals surface area contributed by atoms with Crippen molar-refractivity contribution in [1.29, 1.82) is 0 Å². The van der Waals surface area contributed by atoms with Crippen molar-refractivity contribution in [2.24, 2.45) is 4.99 Å². The van der Waals surface area contributed by atoms with Gasteiger partial charge in [-0.15, -0.1) is 11.3 Å². The zero-order chi connectivity index (χ0) is 27.3. The summed E-state index contributed by atoms with van der Waals surface area (Å²) in [6, 6.07) is 5.74. The Labute approximate surface area is 228 Å². The van der Waals surface area contributed by atoms with Crippen LogP contribution in [0.15, 0.2) is 52.1 Å². The summed E-state index contributed by atoms with van der Waals surface area (Å²) in [6.45, 7) is 1.37. The van der Waals surface area contributed by atoms with Crippen LogP contribution in [0.1, 0.15) is 55.6 Å². The third-order valence-electron chi connectivity index (χ3n) is 6.48. The molecule has 0 radical (unpaired) electrons. The monoisotopic (exact) mass is 566 g/mol. The largest absolute Gasteiger partial charge is 0.481 e. The second-order valence-electron chi connectivity index (χ2n) is 9.24. The van der Waals surface area contributed by atoms with E-state index in [1.165, 1.54) is 11.3 Å². The van der Waals surface area contributed by atoms with E-state index in [2.05, 4.69) is 10.3 Å². The molecule has 0 bridgehead atoms. The van der Waals surface area contributed by atoms with Gasteiger partial charge in [-0.1, -0.05) is 36.2 Å². The van der Waals surface area contributed by atoms with Crippen LogP contribution in [0.5, 0.6) is 0 Å². The maximum absolute atomic E-state index is 14.6. The lowest BCUT2D eigenvalue weighted by atomic mass is 9.95. The van der Waals surface area contributed by atoms with Crippen LogP contribution < -0.4 is 5.32 Å². The van der Waals surface area contributed by atoms with Gasteiger partial charge in [0.15, 0.2) is 10.8 Å². The van der Waals surface area contributed by atoms with E-state index in [-0.39, 0.29) is 31.6 Å². The molecule has 1 aromatic carbocycles. The number of aromatic nitrogens is 1. The number of halogens is 3. The Balaban J connectivity index is 1.71. The molecule has 1 unspecified atom stereocenters. The van der Waals surface area contributed by atoms with Crippen molar-refractivity contribution in [3.63, 3.8) is 0 Å². The number of hydrogen-bond acceptors (Lipinski definition) is 8. The van der Waals surface area contributed by atoms with E-state index in [9.17, 15) is 18.4 Å². The standard InChI is InChI=1S/C26H29ClF2N4O4S/c1-2-37-25(36)21-19(14-33-15-26(28,29)13-16(33)7-3-6-10-20(34)35)31-23(24-30-11-12-38-24)32-22(21)17-8-4-5-9-18(17)27/h4-5,8-9,11-12,16,22H,2-3,6-7,10,13-15H2,1H3,(H,31,32)(H,34,35)/t16-,22?/m0/s1. The van der Waals surface area contributed by atoms with Gasteiger partial charge in [-0.25, -0.2) is 18.6 Å². The molecule has 1 fully saturated rings. The van der Waals surface area contributed by atoms with Crippen molar-refractivity contribution in [1.82, 2.24) is 15.2 Å². The van der Waals surface area contributed by atoms with Gasteiger partial charge in [0.2, 0.25) is 0 Å².